The molecular weight excluding hydrogens is 253 g/mol. The quantitative estimate of drug-likeness (QED) is 0.683. The van der Waals surface area contributed by atoms with Gasteiger partial charge in [-0.1, -0.05) is 0 Å². The van der Waals surface area contributed by atoms with Crippen molar-refractivity contribution in [3.63, 3.8) is 0 Å². The maximum Gasteiger partial charge on any atom is 0.341 e. The summed E-state index contributed by atoms with van der Waals surface area (Å²) in [6.07, 6.45) is 0.631. The van der Waals surface area contributed by atoms with Crippen LogP contribution in [0.5, 0.6) is 0 Å². The van der Waals surface area contributed by atoms with Crippen molar-refractivity contribution < 1.29 is 13.9 Å². The number of esters is 1. The van der Waals surface area contributed by atoms with Crippen LogP contribution in [0.25, 0.3) is 0 Å². The molecule has 3 nitrogen and oxygen atoms in total. The Balaban J connectivity index is 1.91. The number of hydrogen-bond donors (Lipinski definition) is 1. The predicted molar refractivity (Wildman–Crippen MR) is 69.1 cm³/mol. The fraction of sp³-hybridized carbons (Fsp3) is 0.154. The second kappa shape index (κ2) is 5.64. The number of hydrogen-bond acceptors (Lipinski definition) is 4. The van der Waals surface area contributed by atoms with Gasteiger partial charge in [0.15, 0.2) is 0 Å². The molecule has 1 aromatic heterocycles. The van der Waals surface area contributed by atoms with E-state index in [1.165, 1.54) is 12.1 Å². The number of nitrogens with two attached hydrogens (primary N) is 1. The lowest BCUT2D eigenvalue weighted by Crippen LogP contribution is -2.10. The van der Waals surface area contributed by atoms with Crippen LogP contribution in [0.15, 0.2) is 35.0 Å². The van der Waals surface area contributed by atoms with Gasteiger partial charge in [-0.2, -0.15) is 11.3 Å². The van der Waals surface area contributed by atoms with Crippen LogP contribution in [0.1, 0.15) is 15.9 Å². The minimum absolute atomic E-state index is 0.0884. The number of carbonyl (C=O) groups excluding carboxylic acids is 1. The third-order valence-corrected chi connectivity index (χ3v) is 3.15. The highest BCUT2D eigenvalue weighted by molar-refractivity contribution is 7.07. The normalized spacial score (nSPS) is 10.3. The summed E-state index contributed by atoms with van der Waals surface area (Å²) < 4.78 is 18.4. The first-order chi connectivity index (χ1) is 8.66. The van der Waals surface area contributed by atoms with Crippen LogP contribution in [0.2, 0.25) is 0 Å². The van der Waals surface area contributed by atoms with Gasteiger partial charge >= 0.3 is 5.97 Å². The first kappa shape index (κ1) is 12.6. The maximum atomic E-state index is 13.4. The fourth-order valence-electron chi connectivity index (χ4n) is 1.47. The molecule has 0 fully saturated rings. The first-order valence-electron chi connectivity index (χ1n) is 5.40. The molecule has 0 amide bonds. The molecular formula is C13H12FNO2S. The van der Waals surface area contributed by atoms with Gasteiger partial charge in [-0.15, -0.1) is 0 Å². The van der Waals surface area contributed by atoms with Crippen LogP contribution >= 0.6 is 11.3 Å². The number of thiophene rings is 1. The monoisotopic (exact) mass is 265 g/mol. The highest BCUT2D eigenvalue weighted by Crippen LogP contribution is 2.13. The SMILES string of the molecule is Nc1ccc(C(=O)OCCc2ccsc2)c(F)c1. The molecule has 5 heteroatoms. The molecule has 0 aliphatic heterocycles. The third kappa shape index (κ3) is 3.07. The second-order valence-electron chi connectivity index (χ2n) is 3.76. The van der Waals surface area contributed by atoms with Crippen molar-refractivity contribution in [1.29, 1.82) is 0 Å². The highest BCUT2D eigenvalue weighted by Gasteiger charge is 2.13. The van der Waals surface area contributed by atoms with E-state index in [1.807, 2.05) is 16.8 Å². The topological polar surface area (TPSA) is 52.3 Å². The van der Waals surface area contributed by atoms with Crippen molar-refractivity contribution in [3.05, 3.63) is 52.0 Å². The summed E-state index contributed by atoms with van der Waals surface area (Å²) in [6.45, 7) is 0.235. The molecule has 0 aliphatic rings. The van der Waals surface area contributed by atoms with Crippen molar-refractivity contribution in [1.82, 2.24) is 0 Å². The van der Waals surface area contributed by atoms with Gasteiger partial charge in [-0.05, 0) is 40.6 Å². The van der Waals surface area contributed by atoms with Crippen molar-refractivity contribution >= 4 is 23.0 Å². The van der Waals surface area contributed by atoms with E-state index in [0.29, 0.717) is 6.42 Å². The molecule has 1 heterocycles. The summed E-state index contributed by atoms with van der Waals surface area (Å²) in [5, 5.41) is 3.94. The smallest absolute Gasteiger partial charge is 0.341 e. The zero-order chi connectivity index (χ0) is 13.0. The number of rotatable bonds is 4. The molecule has 2 aromatic rings. The Bertz CT molecular complexity index is 540. The largest absolute Gasteiger partial charge is 0.462 e. The van der Waals surface area contributed by atoms with Gasteiger partial charge in [0.05, 0.1) is 12.2 Å². The molecule has 0 unspecified atom stereocenters. The predicted octanol–water partition coefficient (Wildman–Crippen LogP) is 2.87. The van der Waals surface area contributed by atoms with E-state index in [1.54, 1.807) is 11.3 Å². The second-order valence-corrected chi connectivity index (χ2v) is 4.54. The number of ether oxygens (including phenoxy) is 1. The molecule has 0 atom stereocenters. The van der Waals surface area contributed by atoms with Gasteiger partial charge in [0.25, 0.3) is 0 Å². The minimum Gasteiger partial charge on any atom is -0.462 e. The molecule has 0 radical (unpaired) electrons. The fourth-order valence-corrected chi connectivity index (χ4v) is 2.17. The third-order valence-electron chi connectivity index (χ3n) is 2.42. The Labute approximate surface area is 108 Å². The maximum absolute atomic E-state index is 13.4. The van der Waals surface area contributed by atoms with E-state index in [-0.39, 0.29) is 17.9 Å². The Morgan fingerprint density at radius 3 is 2.89 bits per heavy atom. The highest BCUT2D eigenvalue weighted by atomic mass is 32.1. The number of benzene rings is 1. The van der Waals surface area contributed by atoms with Crippen molar-refractivity contribution in [2.75, 3.05) is 12.3 Å². The van der Waals surface area contributed by atoms with Gasteiger partial charge < -0.3 is 10.5 Å². The van der Waals surface area contributed by atoms with E-state index >= 15 is 0 Å². The lowest BCUT2D eigenvalue weighted by atomic mass is 10.2. The zero-order valence-corrected chi connectivity index (χ0v) is 10.4. The van der Waals surface area contributed by atoms with Gasteiger partial charge in [0.1, 0.15) is 5.82 Å². The van der Waals surface area contributed by atoms with Crippen LogP contribution in [0, 0.1) is 5.82 Å². The molecule has 0 aliphatic carbocycles. The van der Waals surface area contributed by atoms with Crippen LogP contribution in [-0.4, -0.2) is 12.6 Å². The molecule has 0 spiro atoms. The van der Waals surface area contributed by atoms with Gasteiger partial charge in [0, 0.05) is 12.1 Å². The van der Waals surface area contributed by atoms with Crippen molar-refractivity contribution in [2.45, 2.75) is 6.42 Å². The molecule has 1 aromatic carbocycles. The number of carbonyl (C=O) groups is 1. The van der Waals surface area contributed by atoms with Crippen molar-refractivity contribution in [3.8, 4) is 0 Å². The van der Waals surface area contributed by atoms with E-state index in [2.05, 4.69) is 0 Å². The standard InChI is InChI=1S/C13H12FNO2S/c14-12-7-10(15)1-2-11(12)13(16)17-5-3-9-4-6-18-8-9/h1-2,4,6-8H,3,5,15H2. The minimum atomic E-state index is -0.664. The summed E-state index contributed by atoms with van der Waals surface area (Å²) in [5.74, 6) is -1.32. The molecule has 0 bridgehead atoms. The van der Waals surface area contributed by atoms with E-state index in [4.69, 9.17) is 10.5 Å². The lowest BCUT2D eigenvalue weighted by molar-refractivity contribution is 0.0504. The van der Waals surface area contributed by atoms with E-state index < -0.39 is 11.8 Å². The van der Waals surface area contributed by atoms with Gasteiger partial charge in [-0.3, -0.25) is 0 Å². The van der Waals surface area contributed by atoms with Crippen molar-refractivity contribution in [2.24, 2.45) is 0 Å². The lowest BCUT2D eigenvalue weighted by Gasteiger charge is -2.05. The summed E-state index contributed by atoms with van der Waals surface area (Å²) in [4.78, 5) is 11.6. The summed E-state index contributed by atoms with van der Waals surface area (Å²) in [5.41, 5.74) is 6.69. The molecule has 0 saturated heterocycles. The van der Waals surface area contributed by atoms with Gasteiger partial charge in [-0.25, -0.2) is 9.18 Å². The molecule has 2 N–H and O–H groups in total. The number of anilines is 1. The number of halogens is 1. The molecule has 2 rings (SSSR count). The summed E-state index contributed by atoms with van der Waals surface area (Å²) in [6, 6.07) is 5.87. The summed E-state index contributed by atoms with van der Waals surface area (Å²) >= 11 is 1.58. The Hall–Kier alpha value is -1.88. The average Bonchev–Trinajstić information content (AvgIpc) is 2.81. The van der Waals surface area contributed by atoms with Crippen LogP contribution < -0.4 is 5.73 Å². The van der Waals surface area contributed by atoms with E-state index in [0.717, 1.165) is 11.6 Å². The Kier molecular flexibility index (Phi) is 3.94. The van der Waals surface area contributed by atoms with Crippen LogP contribution in [-0.2, 0) is 11.2 Å². The zero-order valence-electron chi connectivity index (χ0n) is 9.56. The summed E-state index contributed by atoms with van der Waals surface area (Å²) in [7, 11) is 0. The van der Waals surface area contributed by atoms with Crippen LogP contribution in [0.3, 0.4) is 0 Å². The Morgan fingerprint density at radius 1 is 1.39 bits per heavy atom. The molecule has 94 valence electrons. The van der Waals surface area contributed by atoms with Crippen LogP contribution in [0.4, 0.5) is 10.1 Å². The van der Waals surface area contributed by atoms with Gasteiger partial charge in [0.2, 0.25) is 0 Å². The average molecular weight is 265 g/mol. The first-order valence-corrected chi connectivity index (χ1v) is 6.34. The molecule has 0 saturated carbocycles. The Morgan fingerprint density at radius 2 is 2.22 bits per heavy atom. The molecule has 18 heavy (non-hydrogen) atoms. The van der Waals surface area contributed by atoms with E-state index in [9.17, 15) is 9.18 Å². The number of nitrogen functional groups attached to an aromatic ring is 1.